The summed E-state index contributed by atoms with van der Waals surface area (Å²) in [7, 11) is 0. The normalized spacial score (nSPS) is 10.2. The molecule has 0 aromatic heterocycles. The number of ether oxygens (including phenoxy) is 1. The average molecular weight is 274 g/mol. The lowest BCUT2D eigenvalue weighted by Gasteiger charge is -2.12. The maximum Gasteiger partial charge on any atom is 0.387 e. The smallest absolute Gasteiger partial charge is 0.387 e. The SMILES string of the molecule is Cc1ccccc1Nc1cc(OC(F)F)ccc1C#N. The third-order valence-electron chi connectivity index (χ3n) is 2.75. The first-order chi connectivity index (χ1) is 9.60. The molecule has 0 fully saturated rings. The molecule has 2 aromatic carbocycles. The minimum atomic E-state index is -2.89. The third-order valence-corrected chi connectivity index (χ3v) is 2.75. The molecule has 0 saturated carbocycles. The summed E-state index contributed by atoms with van der Waals surface area (Å²) in [6.07, 6.45) is 0. The van der Waals surface area contributed by atoms with Gasteiger partial charge in [-0.05, 0) is 30.7 Å². The summed E-state index contributed by atoms with van der Waals surface area (Å²) in [4.78, 5) is 0. The van der Waals surface area contributed by atoms with E-state index in [1.807, 2.05) is 37.3 Å². The Balaban J connectivity index is 2.34. The number of nitrogens with one attached hydrogen (secondary N) is 1. The number of rotatable bonds is 4. The van der Waals surface area contributed by atoms with Crippen molar-refractivity contribution in [1.82, 2.24) is 0 Å². The van der Waals surface area contributed by atoms with E-state index >= 15 is 0 Å². The topological polar surface area (TPSA) is 45.0 Å². The molecule has 2 rings (SSSR count). The zero-order valence-electron chi connectivity index (χ0n) is 10.7. The molecule has 0 spiro atoms. The largest absolute Gasteiger partial charge is 0.435 e. The van der Waals surface area contributed by atoms with Gasteiger partial charge in [0.2, 0.25) is 0 Å². The van der Waals surface area contributed by atoms with Crippen LogP contribution in [0.15, 0.2) is 42.5 Å². The monoisotopic (exact) mass is 274 g/mol. The van der Waals surface area contributed by atoms with Gasteiger partial charge in [-0.2, -0.15) is 14.0 Å². The molecule has 2 aromatic rings. The summed E-state index contributed by atoms with van der Waals surface area (Å²) in [5.41, 5.74) is 2.57. The molecule has 3 nitrogen and oxygen atoms in total. The highest BCUT2D eigenvalue weighted by molar-refractivity contribution is 5.69. The van der Waals surface area contributed by atoms with Gasteiger partial charge in [0, 0.05) is 11.8 Å². The van der Waals surface area contributed by atoms with Crippen molar-refractivity contribution in [2.75, 3.05) is 5.32 Å². The summed E-state index contributed by atoms with van der Waals surface area (Å²) >= 11 is 0. The van der Waals surface area contributed by atoms with Gasteiger partial charge >= 0.3 is 6.61 Å². The molecular formula is C15H12F2N2O. The van der Waals surface area contributed by atoms with Crippen LogP contribution in [0.1, 0.15) is 11.1 Å². The summed E-state index contributed by atoms with van der Waals surface area (Å²) in [5, 5.41) is 12.1. The Morgan fingerprint density at radius 3 is 2.55 bits per heavy atom. The Labute approximate surface area is 115 Å². The van der Waals surface area contributed by atoms with Gasteiger partial charge in [0.15, 0.2) is 0 Å². The standard InChI is InChI=1S/C15H12F2N2O/c1-10-4-2-3-5-13(10)19-14-8-12(20-15(16)17)7-6-11(14)9-18/h2-8,15,19H,1H3. The average Bonchev–Trinajstić information content (AvgIpc) is 2.41. The molecule has 1 N–H and O–H groups in total. The minimum Gasteiger partial charge on any atom is -0.435 e. The van der Waals surface area contributed by atoms with Crippen LogP contribution in [0.3, 0.4) is 0 Å². The summed E-state index contributed by atoms with van der Waals surface area (Å²) in [6, 6.07) is 13.7. The Morgan fingerprint density at radius 2 is 1.90 bits per heavy atom. The Morgan fingerprint density at radius 1 is 1.15 bits per heavy atom. The maximum absolute atomic E-state index is 12.2. The van der Waals surface area contributed by atoms with Gasteiger partial charge in [-0.1, -0.05) is 18.2 Å². The van der Waals surface area contributed by atoms with Crippen molar-refractivity contribution in [1.29, 1.82) is 5.26 Å². The highest BCUT2D eigenvalue weighted by Gasteiger charge is 2.09. The molecular weight excluding hydrogens is 262 g/mol. The second-order valence-corrected chi connectivity index (χ2v) is 4.14. The molecule has 0 heterocycles. The van der Waals surface area contributed by atoms with Crippen molar-refractivity contribution >= 4 is 11.4 Å². The van der Waals surface area contributed by atoms with Crippen LogP contribution in [0.4, 0.5) is 20.2 Å². The van der Waals surface area contributed by atoms with E-state index in [1.165, 1.54) is 18.2 Å². The molecule has 20 heavy (non-hydrogen) atoms. The Bertz CT molecular complexity index is 651. The van der Waals surface area contributed by atoms with Crippen molar-refractivity contribution in [2.45, 2.75) is 13.5 Å². The van der Waals surface area contributed by atoms with E-state index in [4.69, 9.17) is 5.26 Å². The van der Waals surface area contributed by atoms with Crippen molar-refractivity contribution in [2.24, 2.45) is 0 Å². The van der Waals surface area contributed by atoms with Crippen LogP contribution < -0.4 is 10.1 Å². The lowest BCUT2D eigenvalue weighted by molar-refractivity contribution is -0.0498. The van der Waals surface area contributed by atoms with Crippen LogP contribution in [0.25, 0.3) is 0 Å². The van der Waals surface area contributed by atoms with Crippen molar-refractivity contribution in [3.05, 3.63) is 53.6 Å². The zero-order chi connectivity index (χ0) is 14.5. The van der Waals surface area contributed by atoms with Gasteiger partial charge < -0.3 is 10.1 Å². The number of nitrogens with zero attached hydrogens (tertiary/aromatic N) is 1. The first-order valence-electron chi connectivity index (χ1n) is 5.92. The van der Waals surface area contributed by atoms with Crippen LogP contribution >= 0.6 is 0 Å². The van der Waals surface area contributed by atoms with Gasteiger partial charge in [-0.3, -0.25) is 0 Å². The quantitative estimate of drug-likeness (QED) is 0.908. The van der Waals surface area contributed by atoms with E-state index in [0.29, 0.717) is 11.3 Å². The molecule has 0 radical (unpaired) electrons. The van der Waals surface area contributed by atoms with Crippen LogP contribution in [0.2, 0.25) is 0 Å². The lowest BCUT2D eigenvalue weighted by Crippen LogP contribution is -2.03. The lowest BCUT2D eigenvalue weighted by atomic mass is 10.1. The number of benzene rings is 2. The van der Waals surface area contributed by atoms with Gasteiger partial charge in [0.25, 0.3) is 0 Å². The molecule has 5 heteroatoms. The molecule has 0 aliphatic rings. The Kier molecular flexibility index (Phi) is 4.16. The molecule has 0 unspecified atom stereocenters. The number of anilines is 2. The highest BCUT2D eigenvalue weighted by Crippen LogP contribution is 2.27. The molecule has 0 aliphatic heterocycles. The molecule has 102 valence electrons. The second-order valence-electron chi connectivity index (χ2n) is 4.14. The molecule has 0 bridgehead atoms. The number of nitriles is 1. The second kappa shape index (κ2) is 6.02. The van der Waals surface area contributed by atoms with Crippen molar-refractivity contribution in [3.63, 3.8) is 0 Å². The minimum absolute atomic E-state index is 0.00934. The number of hydrogen-bond acceptors (Lipinski definition) is 3. The van der Waals surface area contributed by atoms with Crippen molar-refractivity contribution in [3.8, 4) is 11.8 Å². The van der Waals surface area contributed by atoms with E-state index < -0.39 is 6.61 Å². The van der Waals surface area contributed by atoms with Crippen LogP contribution in [0.5, 0.6) is 5.75 Å². The predicted molar refractivity (Wildman–Crippen MR) is 72.3 cm³/mol. The van der Waals surface area contributed by atoms with Crippen LogP contribution in [-0.2, 0) is 0 Å². The summed E-state index contributed by atoms with van der Waals surface area (Å²) in [6.45, 7) is -0.984. The van der Waals surface area contributed by atoms with Crippen LogP contribution in [-0.4, -0.2) is 6.61 Å². The van der Waals surface area contributed by atoms with Gasteiger partial charge in [-0.25, -0.2) is 0 Å². The van der Waals surface area contributed by atoms with Gasteiger partial charge in [-0.15, -0.1) is 0 Å². The predicted octanol–water partition coefficient (Wildman–Crippen LogP) is 4.21. The highest BCUT2D eigenvalue weighted by atomic mass is 19.3. The van der Waals surface area contributed by atoms with Crippen molar-refractivity contribution < 1.29 is 13.5 Å². The number of halogens is 2. The van der Waals surface area contributed by atoms with Gasteiger partial charge in [0.05, 0.1) is 11.3 Å². The number of para-hydroxylation sites is 1. The zero-order valence-corrected chi connectivity index (χ0v) is 10.7. The van der Waals surface area contributed by atoms with E-state index in [-0.39, 0.29) is 5.75 Å². The Hall–Kier alpha value is -2.61. The third kappa shape index (κ3) is 3.23. The van der Waals surface area contributed by atoms with Gasteiger partial charge in [0.1, 0.15) is 11.8 Å². The number of aryl methyl sites for hydroxylation is 1. The number of alkyl halides is 2. The first kappa shape index (κ1) is 13.8. The van der Waals surface area contributed by atoms with Crippen LogP contribution in [0, 0.1) is 18.3 Å². The molecule has 0 aliphatic carbocycles. The molecule has 0 amide bonds. The molecule has 0 saturated heterocycles. The fraction of sp³-hybridized carbons (Fsp3) is 0.133. The van der Waals surface area contributed by atoms with E-state index in [2.05, 4.69) is 10.1 Å². The van der Waals surface area contributed by atoms with E-state index in [1.54, 1.807) is 0 Å². The van der Waals surface area contributed by atoms with E-state index in [9.17, 15) is 8.78 Å². The summed E-state index contributed by atoms with van der Waals surface area (Å²) in [5.74, 6) is 0.00934. The summed E-state index contributed by atoms with van der Waals surface area (Å²) < 4.78 is 28.8. The first-order valence-corrected chi connectivity index (χ1v) is 5.92. The fourth-order valence-electron chi connectivity index (χ4n) is 1.76. The maximum atomic E-state index is 12.2. The van der Waals surface area contributed by atoms with E-state index in [0.717, 1.165) is 11.3 Å². The number of hydrogen-bond donors (Lipinski definition) is 1. The fourth-order valence-corrected chi connectivity index (χ4v) is 1.76. The molecule has 0 atom stereocenters.